The molecule has 1 amide bonds. The van der Waals surface area contributed by atoms with Crippen LogP contribution in [0.2, 0.25) is 0 Å². The zero-order valence-corrected chi connectivity index (χ0v) is 28.0. The molecule has 2 heterocycles. The average molecular weight is 658 g/mol. The molecule has 1 spiro atoms. The van der Waals surface area contributed by atoms with Gasteiger partial charge in [-0.2, -0.15) is 0 Å². The van der Waals surface area contributed by atoms with Crippen LogP contribution in [0.15, 0.2) is 35.5 Å². The first-order valence-electron chi connectivity index (χ1n) is 17.3. The maximum Gasteiger partial charge on any atom is 0.513 e. The Bertz CT molecular complexity index is 1350. The summed E-state index contributed by atoms with van der Waals surface area (Å²) in [6.07, 6.45) is 8.34. The van der Waals surface area contributed by atoms with E-state index in [1.54, 1.807) is 12.2 Å². The highest BCUT2D eigenvalue weighted by molar-refractivity contribution is 5.89. The molecular formula is C35H51N3O9. The summed E-state index contributed by atoms with van der Waals surface area (Å²) in [6.45, 7) is 8.89. The minimum Gasteiger partial charge on any atom is -0.504 e. The van der Waals surface area contributed by atoms with Crippen LogP contribution in [0.1, 0.15) is 72.6 Å². The smallest absolute Gasteiger partial charge is 0.504 e. The Morgan fingerprint density at radius 3 is 2.70 bits per heavy atom. The molecule has 0 aromatic rings. The Labute approximate surface area is 276 Å². The third-order valence-electron chi connectivity index (χ3n) is 11.2. The summed E-state index contributed by atoms with van der Waals surface area (Å²) in [5, 5.41) is 39.4. The van der Waals surface area contributed by atoms with Gasteiger partial charge in [-0.25, -0.2) is 4.79 Å². The van der Waals surface area contributed by atoms with E-state index in [9.17, 15) is 29.7 Å². The van der Waals surface area contributed by atoms with Crippen molar-refractivity contribution in [1.29, 1.82) is 0 Å². The largest absolute Gasteiger partial charge is 0.513 e. The average Bonchev–Trinajstić information content (AvgIpc) is 3.75. The molecule has 2 bridgehead atoms. The van der Waals surface area contributed by atoms with Gasteiger partial charge in [-0.1, -0.05) is 19.9 Å². The van der Waals surface area contributed by atoms with Gasteiger partial charge in [-0.3, -0.25) is 14.5 Å². The number of aliphatic hydroxyl groups is 3. The van der Waals surface area contributed by atoms with E-state index in [1.165, 1.54) is 26.7 Å². The molecule has 5 N–H and O–H groups in total. The fourth-order valence-corrected chi connectivity index (χ4v) is 8.81. The Morgan fingerprint density at radius 2 is 2.00 bits per heavy atom. The molecule has 7 atom stereocenters. The van der Waals surface area contributed by atoms with Crippen molar-refractivity contribution in [3.63, 3.8) is 0 Å². The lowest BCUT2D eigenvalue weighted by molar-refractivity contribution is -0.235. The molecule has 5 unspecified atom stereocenters. The number of Topliss-reactive ketones (excluding diaryl/α,β-unsaturated/α-hetero) is 1. The maximum absolute atomic E-state index is 12.9. The fourth-order valence-electron chi connectivity index (χ4n) is 8.81. The number of carbonyl (C=O) groups excluding carboxylic acids is 3. The quantitative estimate of drug-likeness (QED) is 0.138. The lowest BCUT2D eigenvalue weighted by Crippen LogP contribution is -2.75. The van der Waals surface area contributed by atoms with Crippen LogP contribution in [0, 0.1) is 29.1 Å². The molecule has 12 nitrogen and oxygen atoms in total. The molecule has 0 aromatic carbocycles. The van der Waals surface area contributed by atoms with Gasteiger partial charge in [-0.15, -0.1) is 0 Å². The first-order chi connectivity index (χ1) is 22.2. The van der Waals surface area contributed by atoms with Gasteiger partial charge in [0.1, 0.15) is 23.7 Å². The van der Waals surface area contributed by atoms with Crippen molar-refractivity contribution in [2.75, 3.05) is 32.8 Å². The second-order valence-electron chi connectivity index (χ2n) is 15.2. The van der Waals surface area contributed by atoms with Gasteiger partial charge < -0.3 is 40.2 Å². The van der Waals surface area contributed by atoms with Crippen LogP contribution in [0.5, 0.6) is 0 Å². The van der Waals surface area contributed by atoms with E-state index in [-0.39, 0.29) is 73.1 Å². The molecule has 6 aliphatic rings. The van der Waals surface area contributed by atoms with E-state index < -0.39 is 34.8 Å². The van der Waals surface area contributed by atoms with Gasteiger partial charge >= 0.3 is 6.16 Å². The second kappa shape index (κ2) is 12.8. The van der Waals surface area contributed by atoms with Crippen molar-refractivity contribution in [1.82, 2.24) is 15.5 Å². The van der Waals surface area contributed by atoms with Gasteiger partial charge in [0.25, 0.3) is 0 Å². The van der Waals surface area contributed by atoms with Gasteiger partial charge in [0.05, 0.1) is 17.6 Å². The number of aliphatic hydroxyl groups excluding tert-OH is 1. The van der Waals surface area contributed by atoms with E-state index in [4.69, 9.17) is 14.2 Å². The summed E-state index contributed by atoms with van der Waals surface area (Å²) in [5.41, 5.74) is -3.34. The number of ether oxygens (including phenoxy) is 3. The molecule has 4 aliphatic carbocycles. The summed E-state index contributed by atoms with van der Waals surface area (Å²) in [4.78, 5) is 40.5. The zero-order chi connectivity index (χ0) is 33.7. The fraction of sp³-hybridized carbons (Fsp3) is 0.743. The second-order valence-corrected chi connectivity index (χ2v) is 15.2. The van der Waals surface area contributed by atoms with Crippen LogP contribution < -0.4 is 10.6 Å². The Balaban J connectivity index is 1.04. The number of piperidine rings is 1. The molecule has 47 heavy (non-hydrogen) atoms. The molecule has 2 aliphatic heterocycles. The van der Waals surface area contributed by atoms with E-state index in [0.717, 1.165) is 19.5 Å². The van der Waals surface area contributed by atoms with Crippen LogP contribution in [0.25, 0.3) is 0 Å². The molecule has 12 heteroatoms. The Morgan fingerprint density at radius 1 is 1.23 bits per heavy atom. The van der Waals surface area contributed by atoms with Crippen LogP contribution in [0.4, 0.5) is 4.79 Å². The van der Waals surface area contributed by atoms with Gasteiger partial charge in [0, 0.05) is 49.9 Å². The third kappa shape index (κ3) is 6.34. The van der Waals surface area contributed by atoms with Crippen molar-refractivity contribution in [2.45, 2.75) is 102 Å². The van der Waals surface area contributed by atoms with Crippen molar-refractivity contribution in [3.8, 4) is 0 Å². The van der Waals surface area contributed by atoms with Crippen molar-refractivity contribution >= 4 is 17.8 Å². The number of rotatable bonds is 14. The Hall–Kier alpha value is -2.93. The number of carbonyl (C=O) groups is 3. The summed E-state index contributed by atoms with van der Waals surface area (Å²) in [5.74, 6) is 0.239. The summed E-state index contributed by atoms with van der Waals surface area (Å²) in [6, 6.07) is 0.0944. The van der Waals surface area contributed by atoms with Crippen LogP contribution >= 0.6 is 0 Å². The Kier molecular flexibility index (Phi) is 9.27. The van der Waals surface area contributed by atoms with Crippen molar-refractivity contribution in [2.24, 2.45) is 29.1 Å². The lowest BCUT2D eigenvalue weighted by Gasteiger charge is -2.65. The summed E-state index contributed by atoms with van der Waals surface area (Å²) >= 11 is 0. The number of nitrogens with one attached hydrogen (secondary N) is 2. The lowest BCUT2D eigenvalue weighted by atomic mass is 9.45. The number of nitrogens with zero attached hydrogens (tertiary/aromatic N) is 1. The van der Waals surface area contributed by atoms with Crippen molar-refractivity contribution < 1.29 is 43.9 Å². The minimum absolute atomic E-state index is 0.0552. The number of likely N-dealkylation sites (tertiary alicyclic amines) is 1. The highest BCUT2D eigenvalue weighted by Gasteiger charge is 2.76. The molecule has 2 saturated carbocycles. The number of hydrogen-bond acceptors (Lipinski definition) is 11. The van der Waals surface area contributed by atoms with Crippen LogP contribution in [-0.2, 0) is 23.8 Å². The van der Waals surface area contributed by atoms with Gasteiger partial charge in [-0.05, 0) is 76.5 Å². The molecular weight excluding hydrogens is 606 g/mol. The maximum atomic E-state index is 12.9. The first-order valence-corrected chi connectivity index (χ1v) is 17.3. The molecule has 4 fully saturated rings. The summed E-state index contributed by atoms with van der Waals surface area (Å²) < 4.78 is 17.4. The van der Waals surface area contributed by atoms with Crippen LogP contribution in [-0.4, -0.2) is 100 Å². The molecule has 6 rings (SSSR count). The van der Waals surface area contributed by atoms with Crippen LogP contribution in [0.3, 0.4) is 0 Å². The first kappa shape index (κ1) is 34.0. The van der Waals surface area contributed by atoms with E-state index >= 15 is 0 Å². The number of allylic oxidation sites excluding steroid dienone is 3. The predicted octanol–water partition coefficient (Wildman–Crippen LogP) is 2.85. The highest BCUT2D eigenvalue weighted by Crippen LogP contribution is 2.70. The number of amides is 1. The topological polar surface area (TPSA) is 167 Å². The van der Waals surface area contributed by atoms with Crippen molar-refractivity contribution in [3.05, 3.63) is 35.5 Å². The number of hydrogen-bond donors (Lipinski definition) is 5. The molecule has 0 aromatic heterocycles. The molecule has 260 valence electrons. The minimum atomic E-state index is -1.50. The van der Waals surface area contributed by atoms with Gasteiger partial charge in [0.2, 0.25) is 5.91 Å². The highest BCUT2D eigenvalue weighted by atomic mass is 16.7. The van der Waals surface area contributed by atoms with E-state index in [1.807, 2.05) is 19.9 Å². The zero-order valence-electron chi connectivity index (χ0n) is 28.0. The molecule has 0 radical (unpaired) electrons. The number of ketones is 1. The predicted molar refractivity (Wildman–Crippen MR) is 171 cm³/mol. The monoisotopic (exact) mass is 657 g/mol. The van der Waals surface area contributed by atoms with Gasteiger partial charge in [0.15, 0.2) is 17.6 Å². The third-order valence-corrected chi connectivity index (χ3v) is 11.2. The van der Waals surface area contributed by atoms with E-state index in [2.05, 4.69) is 15.5 Å². The van der Waals surface area contributed by atoms with E-state index in [0.29, 0.717) is 31.1 Å². The normalized spacial score (nSPS) is 33.1. The SMILES string of the molecule is CC(C)NCC(CCC(=O)NCCOC(=O)OC1=CC[C@@]2(O)C3CC4C=CC(O)=C5O[C@@H]1C2(CCN3CC1CC1)C54)C(=O)C(C)(C)O. The standard InChI is InChI=1S/C35H51N3O9/c1-20(2)37-18-23(30(41)33(3,4)43)8-10-27(40)36-14-16-45-32(42)46-25-11-12-35(44)26-17-22-7-9-24(39)29-28(22)34(35,31(25)47-29)13-15-38(26)19-21-5-6-21/h7,9,11,20-23,26,28,31,37,39,43-44H,5-6,8,10,12-19H2,1-4H3,(H,36,40)/t22?,23?,26?,28?,31-,34?,35+/m0/s1. The summed E-state index contributed by atoms with van der Waals surface area (Å²) in [7, 11) is 0. The molecule has 2 saturated heterocycles.